The second-order valence-electron chi connectivity index (χ2n) is 2.99. The van der Waals surface area contributed by atoms with Crippen molar-refractivity contribution in [3.63, 3.8) is 0 Å². The number of hydrogen-bond donors (Lipinski definition) is 2. The molecular weight excluding hydrogens is 196 g/mol. The number of nitrogens with two attached hydrogens (primary N) is 2. The van der Waals surface area contributed by atoms with Gasteiger partial charge in [0.05, 0.1) is 11.3 Å². The maximum atomic E-state index is 5.83. The summed E-state index contributed by atoms with van der Waals surface area (Å²) in [6, 6.07) is 5.58. The van der Waals surface area contributed by atoms with E-state index in [9.17, 15) is 0 Å². The normalized spacial score (nSPS) is 10.6. The van der Waals surface area contributed by atoms with Crippen molar-refractivity contribution in [1.82, 2.24) is 0 Å². The molecule has 1 heterocycles. The van der Waals surface area contributed by atoms with Crippen molar-refractivity contribution in [3.8, 4) is 5.06 Å². The Morgan fingerprint density at radius 1 is 1.29 bits per heavy atom. The molecule has 1 aromatic heterocycles. The van der Waals surface area contributed by atoms with Gasteiger partial charge in [-0.25, -0.2) is 0 Å². The lowest BCUT2D eigenvalue weighted by Gasteiger charge is -1.97. The molecule has 2 aromatic rings. The Balaban J connectivity index is 2.63. The smallest absolute Gasteiger partial charge is 0.175 e. The van der Waals surface area contributed by atoms with Crippen LogP contribution < -0.4 is 16.2 Å². The number of anilines is 2. The van der Waals surface area contributed by atoms with Gasteiger partial charge in [-0.05, 0) is 19.1 Å². The van der Waals surface area contributed by atoms with Crippen molar-refractivity contribution >= 4 is 32.8 Å². The molecule has 0 bridgehead atoms. The van der Waals surface area contributed by atoms with Crippen LogP contribution in [-0.4, -0.2) is 6.61 Å². The number of benzene rings is 1. The first kappa shape index (κ1) is 9.15. The molecule has 2 rings (SSSR count). The average molecular weight is 208 g/mol. The number of ether oxygens (including phenoxy) is 1. The quantitative estimate of drug-likeness (QED) is 0.745. The fraction of sp³-hybridized carbons (Fsp3) is 0.200. The third-order valence-electron chi connectivity index (χ3n) is 2.01. The van der Waals surface area contributed by atoms with Gasteiger partial charge in [0.1, 0.15) is 0 Å². The van der Waals surface area contributed by atoms with E-state index in [0.717, 1.165) is 26.5 Å². The minimum atomic E-state index is 0.659. The van der Waals surface area contributed by atoms with Crippen molar-refractivity contribution in [3.05, 3.63) is 18.2 Å². The molecule has 4 heteroatoms. The van der Waals surface area contributed by atoms with Crippen LogP contribution in [0.15, 0.2) is 18.2 Å². The Bertz CT molecular complexity index is 425. The van der Waals surface area contributed by atoms with E-state index >= 15 is 0 Å². The van der Waals surface area contributed by atoms with E-state index in [1.165, 1.54) is 11.3 Å². The van der Waals surface area contributed by atoms with E-state index in [1.54, 1.807) is 0 Å². The molecular formula is C10H12N2OS. The van der Waals surface area contributed by atoms with Crippen LogP contribution in [0.1, 0.15) is 6.92 Å². The van der Waals surface area contributed by atoms with Crippen LogP contribution in [0, 0.1) is 0 Å². The minimum absolute atomic E-state index is 0.659. The van der Waals surface area contributed by atoms with Crippen LogP contribution in [0.25, 0.3) is 10.1 Å². The van der Waals surface area contributed by atoms with E-state index in [4.69, 9.17) is 16.2 Å². The summed E-state index contributed by atoms with van der Waals surface area (Å²) in [5, 5.41) is 1.85. The number of rotatable bonds is 2. The minimum Gasteiger partial charge on any atom is -0.484 e. The molecule has 0 unspecified atom stereocenters. The van der Waals surface area contributed by atoms with E-state index in [1.807, 2.05) is 25.1 Å². The van der Waals surface area contributed by atoms with Crippen molar-refractivity contribution < 1.29 is 4.74 Å². The number of fused-ring (bicyclic) bond motifs is 1. The maximum Gasteiger partial charge on any atom is 0.175 e. The van der Waals surface area contributed by atoms with E-state index < -0.39 is 0 Å². The first-order valence-electron chi connectivity index (χ1n) is 4.42. The topological polar surface area (TPSA) is 61.3 Å². The Kier molecular flexibility index (Phi) is 2.21. The highest BCUT2D eigenvalue weighted by molar-refractivity contribution is 7.21. The summed E-state index contributed by atoms with van der Waals surface area (Å²) in [5.74, 6) is 0. The molecule has 0 saturated heterocycles. The zero-order chi connectivity index (χ0) is 10.1. The molecule has 1 aromatic carbocycles. The monoisotopic (exact) mass is 208 g/mol. The summed E-state index contributed by atoms with van der Waals surface area (Å²) in [6.45, 7) is 2.61. The molecule has 0 fully saturated rings. The van der Waals surface area contributed by atoms with Gasteiger partial charge in [0.15, 0.2) is 5.06 Å². The summed E-state index contributed by atoms with van der Waals surface area (Å²) >= 11 is 1.54. The van der Waals surface area contributed by atoms with Crippen molar-refractivity contribution in [1.29, 1.82) is 0 Å². The third-order valence-corrected chi connectivity index (χ3v) is 3.11. The number of hydrogen-bond acceptors (Lipinski definition) is 4. The van der Waals surface area contributed by atoms with Crippen LogP contribution in [0.2, 0.25) is 0 Å². The summed E-state index contributed by atoms with van der Waals surface area (Å²) in [4.78, 5) is 0. The molecule has 0 atom stereocenters. The molecule has 14 heavy (non-hydrogen) atoms. The molecule has 0 radical (unpaired) electrons. The number of thiophene rings is 1. The van der Waals surface area contributed by atoms with Gasteiger partial charge in [0, 0.05) is 22.8 Å². The first-order chi connectivity index (χ1) is 6.72. The first-order valence-corrected chi connectivity index (χ1v) is 5.24. The van der Waals surface area contributed by atoms with Gasteiger partial charge in [-0.1, -0.05) is 11.3 Å². The van der Waals surface area contributed by atoms with Crippen LogP contribution in [0.4, 0.5) is 11.4 Å². The molecule has 0 saturated carbocycles. The molecule has 74 valence electrons. The summed E-state index contributed by atoms with van der Waals surface area (Å²) < 4.78 is 6.42. The molecule has 0 spiro atoms. The van der Waals surface area contributed by atoms with E-state index in [-0.39, 0.29) is 0 Å². The molecule has 0 amide bonds. The van der Waals surface area contributed by atoms with E-state index in [0.29, 0.717) is 6.61 Å². The van der Waals surface area contributed by atoms with E-state index in [2.05, 4.69) is 0 Å². The second kappa shape index (κ2) is 3.38. The van der Waals surface area contributed by atoms with Gasteiger partial charge in [-0.3, -0.25) is 0 Å². The van der Waals surface area contributed by atoms with Gasteiger partial charge < -0.3 is 16.2 Å². The summed E-state index contributed by atoms with van der Waals surface area (Å²) in [5.41, 5.74) is 13.2. The van der Waals surface area contributed by atoms with Gasteiger partial charge in [0.2, 0.25) is 0 Å². The molecule has 0 aliphatic rings. The SMILES string of the molecule is CCOc1cc2c(N)ccc(N)c2s1. The Hall–Kier alpha value is -1.42. The predicted molar refractivity (Wildman–Crippen MR) is 61.8 cm³/mol. The Labute approximate surface area is 86.3 Å². The van der Waals surface area contributed by atoms with Gasteiger partial charge in [-0.2, -0.15) is 0 Å². The zero-order valence-electron chi connectivity index (χ0n) is 7.91. The highest BCUT2D eigenvalue weighted by Crippen LogP contribution is 2.38. The van der Waals surface area contributed by atoms with Crippen molar-refractivity contribution in [2.45, 2.75) is 6.92 Å². The summed E-state index contributed by atoms with van der Waals surface area (Å²) in [7, 11) is 0. The van der Waals surface area contributed by atoms with Crippen LogP contribution in [0.3, 0.4) is 0 Å². The number of nitrogen functional groups attached to an aromatic ring is 2. The van der Waals surface area contributed by atoms with Crippen LogP contribution in [-0.2, 0) is 0 Å². The fourth-order valence-corrected chi connectivity index (χ4v) is 2.38. The third kappa shape index (κ3) is 1.37. The lowest BCUT2D eigenvalue weighted by atomic mass is 10.2. The van der Waals surface area contributed by atoms with Crippen LogP contribution in [0.5, 0.6) is 5.06 Å². The predicted octanol–water partition coefficient (Wildman–Crippen LogP) is 2.46. The van der Waals surface area contributed by atoms with Gasteiger partial charge in [0.25, 0.3) is 0 Å². The Morgan fingerprint density at radius 3 is 2.64 bits per heavy atom. The van der Waals surface area contributed by atoms with Crippen molar-refractivity contribution in [2.24, 2.45) is 0 Å². The zero-order valence-corrected chi connectivity index (χ0v) is 8.73. The van der Waals surface area contributed by atoms with Gasteiger partial charge >= 0.3 is 0 Å². The second-order valence-corrected chi connectivity index (χ2v) is 4.00. The highest BCUT2D eigenvalue weighted by Gasteiger charge is 2.07. The lowest BCUT2D eigenvalue weighted by Crippen LogP contribution is -1.88. The van der Waals surface area contributed by atoms with Gasteiger partial charge in [-0.15, -0.1) is 0 Å². The average Bonchev–Trinajstić information content (AvgIpc) is 2.57. The highest BCUT2D eigenvalue weighted by atomic mass is 32.1. The largest absolute Gasteiger partial charge is 0.484 e. The Morgan fingerprint density at radius 2 is 2.00 bits per heavy atom. The van der Waals surface area contributed by atoms with Crippen molar-refractivity contribution in [2.75, 3.05) is 18.1 Å². The lowest BCUT2D eigenvalue weighted by molar-refractivity contribution is 0.350. The van der Waals surface area contributed by atoms with Crippen LogP contribution >= 0.6 is 11.3 Å². The maximum absolute atomic E-state index is 5.83. The molecule has 3 nitrogen and oxygen atoms in total. The standard InChI is InChI=1S/C10H12N2OS/c1-2-13-9-5-6-7(11)3-4-8(12)10(6)14-9/h3-5H,2,11-12H2,1H3. The summed E-state index contributed by atoms with van der Waals surface area (Å²) in [6.07, 6.45) is 0. The molecule has 0 aliphatic heterocycles. The molecule has 0 aliphatic carbocycles. The molecule has 4 N–H and O–H groups in total. The fourth-order valence-electron chi connectivity index (χ4n) is 1.36.